The SMILES string of the molecule is O=C(O)c1cn(CCNC(=O)c2ccc(F)cc2I)cn1. The van der Waals surface area contributed by atoms with E-state index in [9.17, 15) is 14.0 Å². The zero-order valence-corrected chi connectivity index (χ0v) is 12.9. The molecule has 6 nitrogen and oxygen atoms in total. The number of aromatic nitrogens is 2. The third-order valence-electron chi connectivity index (χ3n) is 2.68. The van der Waals surface area contributed by atoms with E-state index >= 15 is 0 Å². The average molecular weight is 403 g/mol. The molecule has 1 aromatic carbocycles. The molecule has 0 atom stereocenters. The van der Waals surface area contributed by atoms with Gasteiger partial charge in [-0.15, -0.1) is 0 Å². The van der Waals surface area contributed by atoms with Gasteiger partial charge in [0, 0.05) is 22.9 Å². The lowest BCUT2D eigenvalue weighted by atomic mass is 10.2. The number of carboxylic acids is 1. The highest BCUT2D eigenvalue weighted by Crippen LogP contribution is 2.13. The lowest BCUT2D eigenvalue weighted by Crippen LogP contribution is -2.27. The lowest BCUT2D eigenvalue weighted by molar-refractivity contribution is 0.0690. The Hall–Kier alpha value is -1.97. The molecule has 2 aromatic rings. The van der Waals surface area contributed by atoms with Crippen LogP contribution in [0, 0.1) is 9.39 Å². The summed E-state index contributed by atoms with van der Waals surface area (Å²) in [6.45, 7) is 0.700. The molecule has 0 radical (unpaired) electrons. The monoisotopic (exact) mass is 403 g/mol. The maximum absolute atomic E-state index is 13.0. The van der Waals surface area contributed by atoms with Crippen LogP contribution in [-0.4, -0.2) is 33.1 Å². The van der Waals surface area contributed by atoms with E-state index < -0.39 is 11.8 Å². The standard InChI is InChI=1S/C13H11FIN3O3/c14-8-1-2-9(10(15)5-8)12(19)16-3-4-18-6-11(13(20)21)17-7-18/h1-2,5-7H,3-4H2,(H,16,19)(H,20,21). The first-order chi connectivity index (χ1) is 9.97. The number of imidazole rings is 1. The highest BCUT2D eigenvalue weighted by atomic mass is 127. The van der Waals surface area contributed by atoms with Crippen LogP contribution in [0.15, 0.2) is 30.7 Å². The van der Waals surface area contributed by atoms with Crippen molar-refractivity contribution in [1.29, 1.82) is 0 Å². The maximum atomic E-state index is 13.0. The molecule has 2 N–H and O–H groups in total. The van der Waals surface area contributed by atoms with Gasteiger partial charge in [-0.1, -0.05) is 0 Å². The van der Waals surface area contributed by atoms with Gasteiger partial charge in [0.05, 0.1) is 11.9 Å². The fourth-order valence-corrected chi connectivity index (χ4v) is 2.38. The third-order valence-corrected chi connectivity index (χ3v) is 3.58. The number of halogens is 2. The molecule has 21 heavy (non-hydrogen) atoms. The van der Waals surface area contributed by atoms with Gasteiger partial charge >= 0.3 is 5.97 Å². The van der Waals surface area contributed by atoms with Gasteiger partial charge in [0.25, 0.3) is 5.91 Å². The number of hydrogen-bond acceptors (Lipinski definition) is 3. The minimum atomic E-state index is -1.10. The topological polar surface area (TPSA) is 84.2 Å². The number of amides is 1. The minimum Gasteiger partial charge on any atom is -0.476 e. The first kappa shape index (κ1) is 15.4. The molecule has 0 aliphatic heterocycles. The van der Waals surface area contributed by atoms with Gasteiger partial charge < -0.3 is 15.0 Å². The summed E-state index contributed by atoms with van der Waals surface area (Å²) in [7, 11) is 0. The number of nitrogens with zero attached hydrogens (tertiary/aromatic N) is 2. The molecule has 0 spiro atoms. The fourth-order valence-electron chi connectivity index (χ4n) is 1.66. The highest BCUT2D eigenvalue weighted by molar-refractivity contribution is 14.1. The molecular formula is C13H11FIN3O3. The molecule has 1 aromatic heterocycles. The van der Waals surface area contributed by atoms with Crippen molar-refractivity contribution in [3.8, 4) is 0 Å². The molecule has 1 amide bonds. The second-order valence-electron chi connectivity index (χ2n) is 4.18. The molecule has 0 unspecified atom stereocenters. The predicted octanol–water partition coefficient (Wildman–Crippen LogP) is 1.75. The van der Waals surface area contributed by atoms with Gasteiger partial charge in [0.15, 0.2) is 5.69 Å². The Balaban J connectivity index is 1.90. The summed E-state index contributed by atoms with van der Waals surface area (Å²) < 4.78 is 15.1. The zero-order valence-electron chi connectivity index (χ0n) is 10.7. The van der Waals surface area contributed by atoms with Crippen molar-refractivity contribution in [2.24, 2.45) is 0 Å². The summed E-state index contributed by atoms with van der Waals surface area (Å²) in [6, 6.07) is 3.93. The largest absolute Gasteiger partial charge is 0.476 e. The van der Waals surface area contributed by atoms with Crippen LogP contribution in [0.4, 0.5) is 4.39 Å². The van der Waals surface area contributed by atoms with Gasteiger partial charge in [-0.2, -0.15) is 0 Å². The highest BCUT2D eigenvalue weighted by Gasteiger charge is 2.10. The Kier molecular flexibility index (Phi) is 4.89. The van der Waals surface area contributed by atoms with Crippen molar-refractivity contribution < 1.29 is 19.1 Å². The number of carboxylic acid groups (broad SMARTS) is 1. The summed E-state index contributed by atoms with van der Waals surface area (Å²) >= 11 is 1.89. The Morgan fingerprint density at radius 3 is 2.81 bits per heavy atom. The molecule has 110 valence electrons. The number of carbonyl (C=O) groups is 2. The first-order valence-corrected chi connectivity index (χ1v) is 7.03. The van der Waals surface area contributed by atoms with E-state index in [0.717, 1.165) is 0 Å². The zero-order chi connectivity index (χ0) is 15.4. The van der Waals surface area contributed by atoms with Crippen LogP contribution in [0.3, 0.4) is 0 Å². The Bertz CT molecular complexity index is 687. The molecule has 1 heterocycles. The summed E-state index contributed by atoms with van der Waals surface area (Å²) in [6.07, 6.45) is 2.77. The number of rotatable bonds is 5. The molecular weight excluding hydrogens is 392 g/mol. The van der Waals surface area contributed by atoms with Crippen molar-refractivity contribution in [1.82, 2.24) is 14.9 Å². The van der Waals surface area contributed by atoms with Gasteiger partial charge in [-0.25, -0.2) is 14.2 Å². The predicted molar refractivity (Wildman–Crippen MR) is 80.6 cm³/mol. The normalized spacial score (nSPS) is 10.4. The van der Waals surface area contributed by atoms with E-state index in [1.54, 1.807) is 4.57 Å². The van der Waals surface area contributed by atoms with Gasteiger partial charge in [0.2, 0.25) is 0 Å². The van der Waals surface area contributed by atoms with E-state index in [1.165, 1.54) is 30.7 Å². The van der Waals surface area contributed by atoms with Crippen molar-refractivity contribution in [3.63, 3.8) is 0 Å². The number of carbonyl (C=O) groups excluding carboxylic acids is 1. The van der Waals surface area contributed by atoms with Crippen LogP contribution in [0.25, 0.3) is 0 Å². The Labute approximate surface area is 133 Å². The second kappa shape index (κ2) is 6.66. The number of hydrogen-bond donors (Lipinski definition) is 2. The van der Waals surface area contributed by atoms with Crippen LogP contribution in [0.2, 0.25) is 0 Å². The van der Waals surface area contributed by atoms with Crippen LogP contribution < -0.4 is 5.32 Å². The molecule has 0 aliphatic carbocycles. The molecule has 0 saturated heterocycles. The smallest absolute Gasteiger partial charge is 0.356 e. The Morgan fingerprint density at radius 2 is 2.19 bits per heavy atom. The Morgan fingerprint density at radius 1 is 1.43 bits per heavy atom. The van der Waals surface area contributed by atoms with E-state index in [1.807, 2.05) is 22.6 Å². The van der Waals surface area contributed by atoms with Crippen molar-refractivity contribution in [2.75, 3.05) is 6.54 Å². The summed E-state index contributed by atoms with van der Waals surface area (Å²) in [5, 5.41) is 11.4. The molecule has 0 fully saturated rings. The van der Waals surface area contributed by atoms with E-state index in [0.29, 0.717) is 22.2 Å². The lowest BCUT2D eigenvalue weighted by Gasteiger charge is -2.07. The molecule has 0 bridgehead atoms. The van der Waals surface area contributed by atoms with Crippen molar-refractivity contribution >= 4 is 34.5 Å². The van der Waals surface area contributed by atoms with Crippen LogP contribution >= 0.6 is 22.6 Å². The molecule has 0 aliphatic rings. The first-order valence-electron chi connectivity index (χ1n) is 5.95. The van der Waals surface area contributed by atoms with Crippen LogP contribution in [0.1, 0.15) is 20.8 Å². The van der Waals surface area contributed by atoms with E-state index in [2.05, 4.69) is 10.3 Å². The number of aromatic carboxylic acids is 1. The molecule has 0 saturated carbocycles. The summed E-state index contributed by atoms with van der Waals surface area (Å²) in [5.74, 6) is -1.80. The van der Waals surface area contributed by atoms with Crippen molar-refractivity contribution in [3.05, 3.63) is 51.4 Å². The van der Waals surface area contributed by atoms with Gasteiger partial charge in [-0.05, 0) is 40.8 Å². The molecule has 2 rings (SSSR count). The maximum Gasteiger partial charge on any atom is 0.356 e. The third kappa shape index (κ3) is 4.00. The number of benzene rings is 1. The van der Waals surface area contributed by atoms with Crippen LogP contribution in [0.5, 0.6) is 0 Å². The quantitative estimate of drug-likeness (QED) is 0.746. The van der Waals surface area contributed by atoms with Gasteiger partial charge in [0.1, 0.15) is 5.82 Å². The van der Waals surface area contributed by atoms with E-state index in [4.69, 9.17) is 5.11 Å². The number of nitrogens with one attached hydrogen (secondary N) is 1. The second-order valence-corrected chi connectivity index (χ2v) is 5.34. The van der Waals surface area contributed by atoms with E-state index in [-0.39, 0.29) is 11.6 Å². The van der Waals surface area contributed by atoms with Crippen molar-refractivity contribution in [2.45, 2.75) is 6.54 Å². The fraction of sp³-hybridized carbons (Fsp3) is 0.154. The van der Waals surface area contributed by atoms with Gasteiger partial charge in [-0.3, -0.25) is 4.79 Å². The van der Waals surface area contributed by atoms with Crippen LogP contribution in [-0.2, 0) is 6.54 Å². The molecule has 8 heteroatoms. The minimum absolute atomic E-state index is 0.0468. The summed E-state index contributed by atoms with van der Waals surface area (Å²) in [5.41, 5.74) is 0.350. The summed E-state index contributed by atoms with van der Waals surface area (Å²) in [4.78, 5) is 26.3. The average Bonchev–Trinajstić information content (AvgIpc) is 2.87.